The van der Waals surface area contributed by atoms with Crippen LogP contribution >= 0.6 is 11.3 Å². The van der Waals surface area contributed by atoms with Gasteiger partial charge in [0.15, 0.2) is 0 Å². The lowest BCUT2D eigenvalue weighted by Crippen LogP contribution is -2.25. The Bertz CT molecular complexity index is 650. The van der Waals surface area contributed by atoms with Gasteiger partial charge in [-0.3, -0.25) is 10.1 Å². The molecule has 114 valence electrons. The Morgan fingerprint density at radius 2 is 2.05 bits per heavy atom. The van der Waals surface area contributed by atoms with Crippen molar-refractivity contribution in [3.63, 3.8) is 0 Å². The number of anilines is 1. The van der Waals surface area contributed by atoms with Crippen molar-refractivity contribution in [2.24, 2.45) is 5.92 Å². The zero-order valence-electron chi connectivity index (χ0n) is 12.8. The van der Waals surface area contributed by atoms with E-state index in [1.807, 2.05) is 6.92 Å². The van der Waals surface area contributed by atoms with Crippen LogP contribution in [0.4, 0.5) is 11.4 Å². The van der Waals surface area contributed by atoms with Gasteiger partial charge in [-0.05, 0) is 25.8 Å². The van der Waals surface area contributed by atoms with Gasteiger partial charge in [0.1, 0.15) is 5.69 Å². The summed E-state index contributed by atoms with van der Waals surface area (Å²) < 4.78 is 0.861. The van der Waals surface area contributed by atoms with Gasteiger partial charge in [-0.2, -0.15) is 0 Å². The molecule has 6 heteroatoms. The first kappa shape index (κ1) is 15.7. The Morgan fingerprint density at radius 1 is 1.38 bits per heavy atom. The van der Waals surface area contributed by atoms with Crippen molar-refractivity contribution in [1.82, 2.24) is 4.98 Å². The Hall–Kier alpha value is -1.69. The number of hydrogen-bond donors (Lipinski definition) is 1. The van der Waals surface area contributed by atoms with E-state index in [2.05, 4.69) is 31.1 Å². The highest BCUT2D eigenvalue weighted by Crippen LogP contribution is 2.34. The minimum absolute atomic E-state index is 0.129. The maximum atomic E-state index is 11.3. The van der Waals surface area contributed by atoms with E-state index in [4.69, 9.17) is 0 Å². The lowest BCUT2D eigenvalue weighted by atomic mass is 9.95. The molecule has 0 aliphatic carbocycles. The number of fused-ring (bicyclic) bond motifs is 1. The Labute approximate surface area is 128 Å². The van der Waals surface area contributed by atoms with Gasteiger partial charge in [-0.15, -0.1) is 11.3 Å². The molecule has 0 fully saturated rings. The zero-order valence-corrected chi connectivity index (χ0v) is 13.7. The standard InChI is InChI=1S/C15H21N3O2S/c1-5-11(6-2)9(3)16-12-7-13-15(21-10(4)17-13)8-14(12)18(19)20/h7-9,11,16H,5-6H2,1-4H3. The number of nitrogens with one attached hydrogen (secondary N) is 1. The summed E-state index contributed by atoms with van der Waals surface area (Å²) in [4.78, 5) is 15.4. The lowest BCUT2D eigenvalue weighted by molar-refractivity contribution is -0.383. The molecule has 1 unspecified atom stereocenters. The van der Waals surface area contributed by atoms with E-state index in [9.17, 15) is 10.1 Å². The van der Waals surface area contributed by atoms with E-state index in [1.165, 1.54) is 11.3 Å². The normalized spacial score (nSPS) is 12.8. The van der Waals surface area contributed by atoms with E-state index in [0.717, 1.165) is 28.1 Å². The van der Waals surface area contributed by atoms with Crippen molar-refractivity contribution >= 4 is 32.9 Å². The summed E-state index contributed by atoms with van der Waals surface area (Å²) in [6.07, 6.45) is 2.10. The van der Waals surface area contributed by atoms with Gasteiger partial charge in [0.25, 0.3) is 5.69 Å². The smallest absolute Gasteiger partial charge is 0.293 e. The molecule has 2 aromatic rings. The molecular weight excluding hydrogens is 286 g/mol. The highest BCUT2D eigenvalue weighted by molar-refractivity contribution is 7.18. The molecule has 1 aromatic heterocycles. The average Bonchev–Trinajstić information content (AvgIpc) is 2.78. The number of nitrogens with zero attached hydrogens (tertiary/aromatic N) is 2. The number of nitro groups is 1. The fourth-order valence-corrected chi connectivity index (χ4v) is 3.55. The Morgan fingerprint density at radius 3 is 2.62 bits per heavy atom. The molecule has 0 amide bonds. The van der Waals surface area contributed by atoms with E-state index < -0.39 is 0 Å². The number of hydrogen-bond acceptors (Lipinski definition) is 5. The zero-order chi connectivity index (χ0) is 15.6. The molecule has 0 saturated heterocycles. The third-order valence-electron chi connectivity index (χ3n) is 3.95. The van der Waals surface area contributed by atoms with Crippen LogP contribution in [0.1, 0.15) is 38.6 Å². The maximum absolute atomic E-state index is 11.3. The van der Waals surface area contributed by atoms with E-state index >= 15 is 0 Å². The molecule has 1 aromatic carbocycles. The van der Waals surface area contributed by atoms with Gasteiger partial charge in [-0.25, -0.2) is 4.98 Å². The van der Waals surface area contributed by atoms with Crippen molar-refractivity contribution in [1.29, 1.82) is 0 Å². The summed E-state index contributed by atoms with van der Waals surface area (Å²) in [5.74, 6) is 0.498. The van der Waals surface area contributed by atoms with Crippen LogP contribution in [0, 0.1) is 23.0 Å². The van der Waals surface area contributed by atoms with Crippen LogP contribution in [-0.2, 0) is 0 Å². The summed E-state index contributed by atoms with van der Waals surface area (Å²) in [5, 5.41) is 15.6. The van der Waals surface area contributed by atoms with Crippen molar-refractivity contribution < 1.29 is 4.92 Å². The quantitative estimate of drug-likeness (QED) is 0.617. The predicted octanol–water partition coefficient (Wildman–Crippen LogP) is 4.75. The number of thiazole rings is 1. The van der Waals surface area contributed by atoms with Crippen molar-refractivity contribution in [2.45, 2.75) is 46.6 Å². The van der Waals surface area contributed by atoms with Crippen molar-refractivity contribution in [3.8, 4) is 0 Å². The Balaban J connectivity index is 2.40. The van der Waals surface area contributed by atoms with Crippen LogP contribution in [0.25, 0.3) is 10.2 Å². The first-order chi connectivity index (χ1) is 9.96. The van der Waals surface area contributed by atoms with Gasteiger partial charge in [-0.1, -0.05) is 26.7 Å². The predicted molar refractivity (Wildman–Crippen MR) is 88.2 cm³/mol. The topological polar surface area (TPSA) is 68.1 Å². The molecule has 21 heavy (non-hydrogen) atoms. The molecule has 0 spiro atoms. The Kier molecular flexibility index (Phi) is 4.77. The first-order valence-corrected chi connectivity index (χ1v) is 8.10. The summed E-state index contributed by atoms with van der Waals surface area (Å²) in [6, 6.07) is 3.62. The molecule has 1 atom stereocenters. The van der Waals surface area contributed by atoms with Crippen LogP contribution in [0.2, 0.25) is 0 Å². The van der Waals surface area contributed by atoms with Gasteiger partial charge in [0.05, 0.1) is 20.1 Å². The number of rotatable bonds is 6. The number of aromatic nitrogens is 1. The largest absolute Gasteiger partial charge is 0.377 e. The molecule has 0 saturated carbocycles. The third-order valence-corrected chi connectivity index (χ3v) is 4.88. The van der Waals surface area contributed by atoms with E-state index in [1.54, 1.807) is 12.1 Å². The second kappa shape index (κ2) is 6.39. The van der Waals surface area contributed by atoms with Crippen LogP contribution in [0.15, 0.2) is 12.1 Å². The maximum Gasteiger partial charge on any atom is 0.293 e. The third kappa shape index (κ3) is 3.32. The monoisotopic (exact) mass is 307 g/mol. The van der Waals surface area contributed by atoms with Crippen LogP contribution in [0.5, 0.6) is 0 Å². The molecule has 0 aliphatic rings. The fourth-order valence-electron chi connectivity index (χ4n) is 2.70. The molecule has 0 bridgehead atoms. The summed E-state index contributed by atoms with van der Waals surface area (Å²) >= 11 is 1.48. The van der Waals surface area contributed by atoms with Crippen LogP contribution in [-0.4, -0.2) is 15.9 Å². The SMILES string of the molecule is CCC(CC)C(C)Nc1cc2nc(C)sc2cc1[N+](=O)[O-]. The highest BCUT2D eigenvalue weighted by Gasteiger charge is 2.21. The summed E-state index contributed by atoms with van der Waals surface area (Å²) in [7, 11) is 0. The summed E-state index contributed by atoms with van der Waals surface area (Å²) in [6.45, 7) is 8.29. The van der Waals surface area contributed by atoms with Gasteiger partial charge in [0, 0.05) is 12.1 Å². The number of nitro benzene ring substituents is 1. The van der Waals surface area contributed by atoms with Crippen molar-refractivity contribution in [3.05, 3.63) is 27.3 Å². The molecule has 5 nitrogen and oxygen atoms in total. The first-order valence-electron chi connectivity index (χ1n) is 7.28. The molecular formula is C15H21N3O2S. The van der Waals surface area contributed by atoms with E-state index in [-0.39, 0.29) is 16.7 Å². The fraction of sp³-hybridized carbons (Fsp3) is 0.533. The lowest BCUT2D eigenvalue weighted by Gasteiger charge is -2.23. The molecule has 2 rings (SSSR count). The second-order valence-corrected chi connectivity index (χ2v) is 6.57. The number of aryl methyl sites for hydroxylation is 1. The minimum atomic E-state index is -0.323. The van der Waals surface area contributed by atoms with Crippen LogP contribution in [0.3, 0.4) is 0 Å². The second-order valence-electron chi connectivity index (χ2n) is 5.34. The molecule has 0 radical (unpaired) electrons. The molecule has 1 heterocycles. The summed E-state index contributed by atoms with van der Waals surface area (Å²) in [5.41, 5.74) is 1.52. The molecule has 1 N–H and O–H groups in total. The average molecular weight is 307 g/mol. The van der Waals surface area contributed by atoms with Gasteiger partial charge < -0.3 is 5.32 Å². The molecule has 0 aliphatic heterocycles. The van der Waals surface area contributed by atoms with Crippen LogP contribution < -0.4 is 5.32 Å². The highest BCUT2D eigenvalue weighted by atomic mass is 32.1. The van der Waals surface area contributed by atoms with Crippen molar-refractivity contribution in [2.75, 3.05) is 5.32 Å². The number of benzene rings is 1. The van der Waals surface area contributed by atoms with Gasteiger partial charge in [0.2, 0.25) is 0 Å². The van der Waals surface area contributed by atoms with E-state index in [0.29, 0.717) is 11.6 Å². The minimum Gasteiger partial charge on any atom is -0.377 e. The van der Waals surface area contributed by atoms with Gasteiger partial charge >= 0.3 is 0 Å².